The van der Waals surface area contributed by atoms with Crippen molar-refractivity contribution in [2.45, 2.75) is 70.1 Å². The third-order valence-electron chi connectivity index (χ3n) is 7.60. The standard InChI is InChI=1S/C31H39N5O6/c1-18(2)14-26(30(40)36-13-5-8-27(36)31(41)42)35-29(39)25(15-19-9-11-21(37)12-10-19)34-28(38)23(32)16-20-17-33-24-7-4-3-6-22(20)24/h3-4,6-7,9-12,17-18,23,25-27,33,37H,5,8,13-16,32H2,1-2H3,(H,34,38)(H,35,39)(H,41,42). The topological polar surface area (TPSA) is 178 Å². The predicted molar refractivity (Wildman–Crippen MR) is 157 cm³/mol. The second kappa shape index (κ2) is 13.5. The van der Waals surface area contributed by atoms with Gasteiger partial charge in [0.05, 0.1) is 6.04 Å². The molecule has 0 radical (unpaired) electrons. The van der Waals surface area contributed by atoms with Crippen LogP contribution in [0.5, 0.6) is 5.75 Å². The third kappa shape index (κ3) is 7.47. The molecule has 42 heavy (non-hydrogen) atoms. The number of hydrogen-bond donors (Lipinski definition) is 6. The number of aromatic nitrogens is 1. The molecule has 3 aromatic rings. The van der Waals surface area contributed by atoms with E-state index in [0.717, 1.165) is 16.5 Å². The van der Waals surface area contributed by atoms with Crippen molar-refractivity contribution in [1.82, 2.24) is 20.5 Å². The molecule has 7 N–H and O–H groups in total. The van der Waals surface area contributed by atoms with E-state index >= 15 is 0 Å². The molecule has 11 heteroatoms. The first-order chi connectivity index (χ1) is 20.0. The van der Waals surface area contributed by atoms with Crippen LogP contribution >= 0.6 is 0 Å². The maximum absolute atomic E-state index is 13.7. The summed E-state index contributed by atoms with van der Waals surface area (Å²) in [5.41, 5.74) is 8.77. The van der Waals surface area contributed by atoms with Crippen molar-refractivity contribution < 1.29 is 29.4 Å². The predicted octanol–water partition coefficient (Wildman–Crippen LogP) is 2.08. The second-order valence-corrected chi connectivity index (χ2v) is 11.3. The summed E-state index contributed by atoms with van der Waals surface area (Å²) in [6, 6.07) is 10.0. The minimum atomic E-state index is -1.08. The molecule has 1 aliphatic heterocycles. The van der Waals surface area contributed by atoms with Gasteiger partial charge >= 0.3 is 5.97 Å². The van der Waals surface area contributed by atoms with Crippen LogP contribution in [0.3, 0.4) is 0 Å². The lowest BCUT2D eigenvalue weighted by Crippen LogP contribution is -2.58. The molecule has 11 nitrogen and oxygen atoms in total. The number of carboxylic acids is 1. The minimum absolute atomic E-state index is 0.0277. The van der Waals surface area contributed by atoms with E-state index in [-0.39, 0.29) is 24.5 Å². The molecule has 4 unspecified atom stereocenters. The number of carbonyl (C=O) groups excluding carboxylic acids is 3. The average molecular weight is 578 g/mol. The van der Waals surface area contributed by atoms with Gasteiger partial charge in [0.2, 0.25) is 17.7 Å². The molecule has 0 saturated carbocycles. The summed E-state index contributed by atoms with van der Waals surface area (Å²) >= 11 is 0. The fourth-order valence-corrected chi connectivity index (χ4v) is 5.44. The number of nitrogens with zero attached hydrogens (tertiary/aromatic N) is 1. The number of phenolic OH excluding ortho intramolecular Hbond substituents is 1. The highest BCUT2D eigenvalue weighted by atomic mass is 16.4. The Kier molecular flexibility index (Phi) is 9.84. The SMILES string of the molecule is CC(C)CC(NC(=O)C(Cc1ccc(O)cc1)NC(=O)C(N)Cc1c[nH]c2ccccc12)C(=O)N1CCCC1C(=O)O. The third-order valence-corrected chi connectivity index (χ3v) is 7.60. The number of para-hydroxylation sites is 1. The number of nitrogens with one attached hydrogen (secondary N) is 3. The molecular formula is C31H39N5O6. The summed E-state index contributed by atoms with van der Waals surface area (Å²) in [5.74, 6) is -2.55. The Balaban J connectivity index is 1.52. The first-order valence-electron chi connectivity index (χ1n) is 14.3. The normalized spacial score (nSPS) is 17.1. The number of amides is 3. The second-order valence-electron chi connectivity index (χ2n) is 11.3. The number of carbonyl (C=O) groups is 4. The zero-order valence-electron chi connectivity index (χ0n) is 23.9. The molecule has 4 atom stereocenters. The van der Waals surface area contributed by atoms with Crippen LogP contribution in [0.15, 0.2) is 54.7 Å². The lowest BCUT2D eigenvalue weighted by Gasteiger charge is -2.30. The van der Waals surface area contributed by atoms with Gasteiger partial charge in [-0.05, 0) is 60.9 Å². The number of carboxylic acid groups (broad SMARTS) is 1. The van der Waals surface area contributed by atoms with E-state index in [1.54, 1.807) is 12.1 Å². The highest BCUT2D eigenvalue weighted by Crippen LogP contribution is 2.21. The Bertz CT molecular complexity index is 1420. The average Bonchev–Trinajstić information content (AvgIpc) is 3.61. The number of phenols is 1. The molecule has 1 fully saturated rings. The summed E-state index contributed by atoms with van der Waals surface area (Å²) < 4.78 is 0. The Morgan fingerprint density at radius 3 is 2.38 bits per heavy atom. The van der Waals surface area contributed by atoms with Gasteiger partial charge in [-0.2, -0.15) is 0 Å². The van der Waals surface area contributed by atoms with Crippen LogP contribution in [0.4, 0.5) is 0 Å². The first kappa shape index (κ1) is 30.6. The van der Waals surface area contributed by atoms with Crippen LogP contribution in [0.1, 0.15) is 44.2 Å². The van der Waals surface area contributed by atoms with Crippen molar-refractivity contribution in [3.05, 3.63) is 65.9 Å². The van der Waals surface area contributed by atoms with Gasteiger partial charge in [0.25, 0.3) is 0 Å². The fraction of sp³-hybridized carbons (Fsp3) is 0.419. The quantitative estimate of drug-likeness (QED) is 0.191. The molecule has 0 spiro atoms. The number of rotatable bonds is 12. The number of likely N-dealkylation sites (tertiary alicyclic amines) is 1. The van der Waals surface area contributed by atoms with E-state index in [2.05, 4.69) is 15.6 Å². The molecule has 4 rings (SSSR count). The number of H-pyrrole nitrogens is 1. The molecule has 2 heterocycles. The van der Waals surface area contributed by atoms with E-state index in [0.29, 0.717) is 31.4 Å². The Hall–Kier alpha value is -4.38. The smallest absolute Gasteiger partial charge is 0.326 e. The zero-order chi connectivity index (χ0) is 30.4. The Morgan fingerprint density at radius 2 is 1.69 bits per heavy atom. The van der Waals surface area contributed by atoms with Gasteiger partial charge < -0.3 is 36.5 Å². The molecule has 1 saturated heterocycles. The minimum Gasteiger partial charge on any atom is -0.508 e. The summed E-state index contributed by atoms with van der Waals surface area (Å²) in [4.78, 5) is 56.7. The van der Waals surface area contributed by atoms with Crippen molar-refractivity contribution >= 4 is 34.6 Å². The van der Waals surface area contributed by atoms with Crippen molar-refractivity contribution in [3.8, 4) is 5.75 Å². The molecule has 224 valence electrons. The number of hydrogen-bond acceptors (Lipinski definition) is 6. The number of benzene rings is 2. The van der Waals surface area contributed by atoms with Gasteiger partial charge in [-0.15, -0.1) is 0 Å². The summed E-state index contributed by atoms with van der Waals surface area (Å²) in [6.07, 6.45) is 3.36. The number of aromatic amines is 1. The molecule has 3 amide bonds. The van der Waals surface area contributed by atoms with Gasteiger partial charge in [0.1, 0.15) is 23.9 Å². The monoisotopic (exact) mass is 577 g/mol. The van der Waals surface area contributed by atoms with Crippen molar-refractivity contribution in [3.63, 3.8) is 0 Å². The van der Waals surface area contributed by atoms with E-state index in [9.17, 15) is 29.4 Å². The highest BCUT2D eigenvalue weighted by molar-refractivity contribution is 5.94. The number of fused-ring (bicyclic) bond motifs is 1. The van der Waals surface area contributed by atoms with Crippen LogP contribution in [0, 0.1) is 5.92 Å². The van der Waals surface area contributed by atoms with Crippen molar-refractivity contribution in [1.29, 1.82) is 0 Å². The molecule has 1 aromatic heterocycles. The molecule has 0 bridgehead atoms. The number of aliphatic carboxylic acids is 1. The van der Waals surface area contributed by atoms with Gasteiger partial charge in [-0.1, -0.05) is 44.2 Å². The highest BCUT2D eigenvalue weighted by Gasteiger charge is 2.38. The van der Waals surface area contributed by atoms with Gasteiger partial charge in [-0.3, -0.25) is 14.4 Å². The van der Waals surface area contributed by atoms with Crippen LogP contribution < -0.4 is 16.4 Å². The lowest BCUT2D eigenvalue weighted by molar-refractivity contribution is -0.149. The maximum Gasteiger partial charge on any atom is 0.326 e. The fourth-order valence-electron chi connectivity index (χ4n) is 5.44. The van der Waals surface area contributed by atoms with E-state index in [1.165, 1.54) is 17.0 Å². The van der Waals surface area contributed by atoms with Crippen molar-refractivity contribution in [2.24, 2.45) is 11.7 Å². The van der Waals surface area contributed by atoms with Crippen LogP contribution in [0.25, 0.3) is 10.9 Å². The maximum atomic E-state index is 13.7. The molecule has 2 aromatic carbocycles. The molecule has 1 aliphatic rings. The zero-order valence-corrected chi connectivity index (χ0v) is 23.9. The Morgan fingerprint density at radius 1 is 1.00 bits per heavy atom. The molecule has 0 aliphatic carbocycles. The van der Waals surface area contributed by atoms with Gasteiger partial charge in [-0.25, -0.2) is 4.79 Å². The number of aromatic hydroxyl groups is 1. The van der Waals surface area contributed by atoms with Crippen LogP contribution in [-0.4, -0.2) is 74.5 Å². The largest absolute Gasteiger partial charge is 0.508 e. The summed E-state index contributed by atoms with van der Waals surface area (Å²) in [7, 11) is 0. The van der Waals surface area contributed by atoms with E-state index < -0.39 is 47.9 Å². The van der Waals surface area contributed by atoms with E-state index in [4.69, 9.17) is 5.73 Å². The summed E-state index contributed by atoms with van der Waals surface area (Å²) in [5, 5.41) is 25.8. The van der Waals surface area contributed by atoms with Crippen molar-refractivity contribution in [2.75, 3.05) is 6.54 Å². The van der Waals surface area contributed by atoms with Crippen LogP contribution in [-0.2, 0) is 32.0 Å². The van der Waals surface area contributed by atoms with Crippen LogP contribution in [0.2, 0.25) is 0 Å². The lowest BCUT2D eigenvalue weighted by atomic mass is 9.99. The Labute approximate surface area is 244 Å². The first-order valence-corrected chi connectivity index (χ1v) is 14.3. The van der Waals surface area contributed by atoms with E-state index in [1.807, 2.05) is 44.3 Å². The van der Waals surface area contributed by atoms with Gasteiger partial charge in [0.15, 0.2) is 0 Å². The van der Waals surface area contributed by atoms with Gasteiger partial charge in [0, 0.05) is 30.1 Å². The summed E-state index contributed by atoms with van der Waals surface area (Å²) in [6.45, 7) is 4.12. The molecular weight excluding hydrogens is 538 g/mol. The number of nitrogens with two attached hydrogens (primary N) is 1.